The van der Waals surface area contributed by atoms with Crippen molar-refractivity contribution < 1.29 is 43.4 Å². The van der Waals surface area contributed by atoms with Crippen molar-refractivity contribution in [2.45, 2.75) is 0 Å². The Balaban J connectivity index is 0. The summed E-state index contributed by atoms with van der Waals surface area (Å²) < 4.78 is 9.89. The number of hydrogen-bond donors (Lipinski definition) is 0. The first-order valence-corrected chi connectivity index (χ1v) is 2.15. The lowest BCUT2D eigenvalue weighted by atomic mass is 10.6. The number of hydrogen-bond acceptors (Lipinski definition) is 2. The van der Waals surface area contributed by atoms with Gasteiger partial charge in [-0.3, -0.25) is 0 Å². The summed E-state index contributed by atoms with van der Waals surface area (Å²) >= 11 is 0. The van der Waals surface area contributed by atoms with Crippen LogP contribution in [0, 0.1) is 0 Å². The molecule has 2 nitrogen and oxygen atoms in total. The quantitative estimate of drug-likeness (QED) is 0.425. The molecule has 52 valence electrons. The molecule has 1 saturated heterocycles. The lowest BCUT2D eigenvalue weighted by Crippen LogP contribution is -3.00. The van der Waals surface area contributed by atoms with Crippen LogP contribution in [0.5, 0.6) is 0 Å². The van der Waals surface area contributed by atoms with Gasteiger partial charge < -0.3 is 43.4 Å². The van der Waals surface area contributed by atoms with E-state index in [1.165, 1.54) is 0 Å². The van der Waals surface area contributed by atoms with E-state index in [4.69, 9.17) is 9.47 Å². The van der Waals surface area contributed by atoms with Crippen molar-refractivity contribution in [3.8, 4) is 0 Å². The first-order valence-electron chi connectivity index (χ1n) is 2.15. The summed E-state index contributed by atoms with van der Waals surface area (Å²) in [7, 11) is 0. The van der Waals surface area contributed by atoms with Gasteiger partial charge in [0.1, 0.15) is 0 Å². The van der Waals surface area contributed by atoms with Crippen molar-refractivity contribution in [1.82, 2.24) is 0 Å². The average molecular weight is 248 g/mol. The van der Waals surface area contributed by atoms with E-state index in [0.717, 1.165) is 26.4 Å². The highest BCUT2D eigenvalue weighted by atomic mass is 79.9. The van der Waals surface area contributed by atoms with Crippen LogP contribution in [0.3, 0.4) is 0 Å². The molecule has 0 unspecified atom stereocenters. The number of rotatable bonds is 0. The van der Waals surface area contributed by atoms with Gasteiger partial charge in [-0.2, -0.15) is 0 Å². The normalized spacial score (nSPS) is 18.0. The highest BCUT2D eigenvalue weighted by Crippen LogP contribution is 1.85. The van der Waals surface area contributed by atoms with Crippen LogP contribution < -0.4 is 34.0 Å². The molecule has 0 saturated carbocycles. The minimum atomic E-state index is 0. The van der Waals surface area contributed by atoms with Gasteiger partial charge in [0.25, 0.3) is 0 Å². The zero-order valence-electron chi connectivity index (χ0n) is 4.40. The van der Waals surface area contributed by atoms with Crippen molar-refractivity contribution in [2.75, 3.05) is 26.4 Å². The van der Waals surface area contributed by atoms with Gasteiger partial charge in [-0.05, 0) is 0 Å². The zero-order valence-corrected chi connectivity index (χ0v) is 7.57. The topological polar surface area (TPSA) is 18.5 Å². The lowest BCUT2D eigenvalue weighted by molar-refractivity contribution is -0.0334. The third kappa shape index (κ3) is 5.03. The SMILES string of the molecule is C1COCCO1.[Br-].[Br-]. The van der Waals surface area contributed by atoms with Crippen LogP contribution in [-0.2, 0) is 9.47 Å². The molecule has 1 fully saturated rings. The van der Waals surface area contributed by atoms with E-state index in [2.05, 4.69) is 0 Å². The van der Waals surface area contributed by atoms with E-state index in [0.29, 0.717) is 0 Å². The number of ether oxygens (including phenoxy) is 2. The minimum Gasteiger partial charge on any atom is -1.00 e. The van der Waals surface area contributed by atoms with E-state index < -0.39 is 0 Å². The molecular weight excluding hydrogens is 240 g/mol. The van der Waals surface area contributed by atoms with Gasteiger partial charge in [-0.15, -0.1) is 0 Å². The van der Waals surface area contributed by atoms with Crippen LogP contribution in [-0.4, -0.2) is 26.4 Å². The Kier molecular flexibility index (Phi) is 11.5. The van der Waals surface area contributed by atoms with Crippen molar-refractivity contribution in [2.24, 2.45) is 0 Å². The van der Waals surface area contributed by atoms with E-state index in [1.807, 2.05) is 0 Å². The Morgan fingerprint density at radius 3 is 1.00 bits per heavy atom. The van der Waals surface area contributed by atoms with Gasteiger partial charge in [0.2, 0.25) is 0 Å². The molecule has 0 spiro atoms. The second-order valence-corrected chi connectivity index (χ2v) is 1.22. The molecule has 1 heterocycles. The first-order chi connectivity index (χ1) is 3.00. The average Bonchev–Trinajstić information content (AvgIpc) is 1.72. The van der Waals surface area contributed by atoms with Gasteiger partial charge in [0.05, 0.1) is 26.4 Å². The molecule has 0 aromatic rings. The molecule has 8 heavy (non-hydrogen) atoms. The Morgan fingerprint density at radius 1 is 0.625 bits per heavy atom. The molecular formula is C4H8Br2O2-2. The van der Waals surface area contributed by atoms with Gasteiger partial charge >= 0.3 is 0 Å². The molecule has 1 aliphatic rings. The fraction of sp³-hybridized carbons (Fsp3) is 1.00. The fourth-order valence-corrected chi connectivity index (χ4v) is 0.440. The summed E-state index contributed by atoms with van der Waals surface area (Å²) in [5.41, 5.74) is 0. The van der Waals surface area contributed by atoms with E-state index in [1.54, 1.807) is 0 Å². The summed E-state index contributed by atoms with van der Waals surface area (Å²) in [6.07, 6.45) is 0. The zero-order chi connectivity index (χ0) is 4.24. The third-order valence-electron chi connectivity index (χ3n) is 0.744. The van der Waals surface area contributed by atoms with Crippen molar-refractivity contribution in [1.29, 1.82) is 0 Å². The highest BCUT2D eigenvalue weighted by Gasteiger charge is 1.94. The minimum absolute atomic E-state index is 0. The molecule has 1 aliphatic heterocycles. The predicted molar refractivity (Wildman–Crippen MR) is 21.6 cm³/mol. The summed E-state index contributed by atoms with van der Waals surface area (Å²) in [4.78, 5) is 0. The first kappa shape index (κ1) is 11.6. The Hall–Kier alpha value is 0.880. The van der Waals surface area contributed by atoms with Crippen molar-refractivity contribution >= 4 is 0 Å². The molecule has 0 amide bonds. The van der Waals surface area contributed by atoms with Crippen LogP contribution in [0.2, 0.25) is 0 Å². The largest absolute Gasteiger partial charge is 1.00 e. The molecule has 0 aliphatic carbocycles. The van der Waals surface area contributed by atoms with Crippen LogP contribution in [0.15, 0.2) is 0 Å². The number of halogens is 2. The summed E-state index contributed by atoms with van der Waals surface area (Å²) in [5.74, 6) is 0. The van der Waals surface area contributed by atoms with Crippen LogP contribution in [0.1, 0.15) is 0 Å². The predicted octanol–water partition coefficient (Wildman–Crippen LogP) is -5.96. The molecule has 0 atom stereocenters. The van der Waals surface area contributed by atoms with Gasteiger partial charge in [0, 0.05) is 0 Å². The highest BCUT2D eigenvalue weighted by molar-refractivity contribution is 4.37. The Bertz CT molecular complexity index is 27.5. The standard InChI is InChI=1S/C4H8O2.2BrH/c1-2-6-4-3-5-1;;/h1-4H2;2*1H/p-2. The Morgan fingerprint density at radius 2 is 0.875 bits per heavy atom. The van der Waals surface area contributed by atoms with E-state index in [-0.39, 0.29) is 34.0 Å². The van der Waals surface area contributed by atoms with Crippen LogP contribution in [0.25, 0.3) is 0 Å². The summed E-state index contributed by atoms with van der Waals surface area (Å²) in [6, 6.07) is 0. The summed E-state index contributed by atoms with van der Waals surface area (Å²) in [5, 5.41) is 0. The lowest BCUT2D eigenvalue weighted by Gasteiger charge is -2.09. The maximum Gasteiger partial charge on any atom is 0.0701 e. The van der Waals surface area contributed by atoms with Crippen molar-refractivity contribution in [3.63, 3.8) is 0 Å². The molecule has 4 heteroatoms. The van der Waals surface area contributed by atoms with Gasteiger partial charge in [-0.25, -0.2) is 0 Å². The second kappa shape index (κ2) is 7.88. The van der Waals surface area contributed by atoms with Crippen LogP contribution >= 0.6 is 0 Å². The smallest absolute Gasteiger partial charge is 0.0701 e. The second-order valence-electron chi connectivity index (χ2n) is 1.22. The molecule has 0 aromatic carbocycles. The van der Waals surface area contributed by atoms with E-state index >= 15 is 0 Å². The van der Waals surface area contributed by atoms with Gasteiger partial charge in [-0.1, -0.05) is 0 Å². The monoisotopic (exact) mass is 246 g/mol. The maximum atomic E-state index is 4.94. The molecule has 0 aromatic heterocycles. The van der Waals surface area contributed by atoms with E-state index in [9.17, 15) is 0 Å². The van der Waals surface area contributed by atoms with Gasteiger partial charge in [0.15, 0.2) is 0 Å². The summed E-state index contributed by atoms with van der Waals surface area (Å²) in [6.45, 7) is 3.11. The molecule has 0 N–H and O–H groups in total. The maximum absolute atomic E-state index is 4.94. The van der Waals surface area contributed by atoms with Crippen LogP contribution in [0.4, 0.5) is 0 Å². The van der Waals surface area contributed by atoms with Crippen molar-refractivity contribution in [3.05, 3.63) is 0 Å². The fourth-order valence-electron chi connectivity index (χ4n) is 0.440. The molecule has 0 radical (unpaired) electrons. The molecule has 1 rings (SSSR count). The Labute approximate surface area is 70.1 Å². The third-order valence-corrected chi connectivity index (χ3v) is 0.744. The molecule has 0 bridgehead atoms.